The summed E-state index contributed by atoms with van der Waals surface area (Å²) in [5, 5.41) is 1.06. The van der Waals surface area contributed by atoms with Crippen molar-refractivity contribution in [3.05, 3.63) is 66.4 Å². The highest BCUT2D eigenvalue weighted by Crippen LogP contribution is 2.20. The van der Waals surface area contributed by atoms with Gasteiger partial charge in [-0.2, -0.15) is 0 Å². The summed E-state index contributed by atoms with van der Waals surface area (Å²) in [5.41, 5.74) is 2.58. The van der Waals surface area contributed by atoms with Crippen LogP contribution < -0.4 is 4.90 Å². The summed E-state index contributed by atoms with van der Waals surface area (Å²) in [5.74, 6) is 0.0239. The molecule has 0 unspecified atom stereocenters. The third-order valence-electron chi connectivity index (χ3n) is 3.81. The lowest BCUT2D eigenvalue weighted by Crippen LogP contribution is -2.32. The van der Waals surface area contributed by atoms with Crippen LogP contribution in [0.1, 0.15) is 30.3 Å². The van der Waals surface area contributed by atoms with Crippen LogP contribution in [0.5, 0.6) is 0 Å². The number of carbonyl (C=O) groups excluding carboxylic acids is 1. The van der Waals surface area contributed by atoms with Crippen molar-refractivity contribution < 1.29 is 4.79 Å². The van der Waals surface area contributed by atoms with E-state index in [1.54, 1.807) is 0 Å². The van der Waals surface area contributed by atoms with Crippen LogP contribution in [-0.4, -0.2) is 17.4 Å². The maximum Gasteiger partial charge on any atom is 0.274 e. The van der Waals surface area contributed by atoms with E-state index in [4.69, 9.17) is 0 Å². The van der Waals surface area contributed by atoms with Crippen molar-refractivity contribution in [1.82, 2.24) is 4.98 Å². The number of amides is 1. The van der Waals surface area contributed by atoms with Crippen molar-refractivity contribution in [3.8, 4) is 0 Å². The van der Waals surface area contributed by atoms with Crippen molar-refractivity contribution in [3.63, 3.8) is 0 Å². The molecule has 0 radical (unpaired) electrons. The summed E-state index contributed by atoms with van der Waals surface area (Å²) in [4.78, 5) is 18.0. The van der Waals surface area contributed by atoms with E-state index in [1.807, 2.05) is 65.6 Å². The van der Waals surface area contributed by atoms with Crippen LogP contribution in [0.2, 0.25) is 0 Å². The lowest BCUT2D eigenvalue weighted by molar-refractivity contribution is 0.0982. The molecule has 0 bridgehead atoms. The Labute approximate surface area is 130 Å². The Bertz CT molecular complexity index is 728. The first kappa shape index (κ1) is 14.4. The van der Waals surface area contributed by atoms with Crippen molar-refractivity contribution >= 4 is 22.5 Å². The SMILES string of the molecule is CCCCN(C(=O)c1cc2ccccc2[nH]1)c1ccccc1. The van der Waals surface area contributed by atoms with Crippen LogP contribution in [0.15, 0.2) is 60.7 Å². The van der Waals surface area contributed by atoms with Gasteiger partial charge in [-0.3, -0.25) is 4.79 Å². The zero-order valence-corrected chi connectivity index (χ0v) is 12.8. The topological polar surface area (TPSA) is 36.1 Å². The first-order valence-electron chi connectivity index (χ1n) is 7.74. The normalized spacial score (nSPS) is 10.8. The van der Waals surface area contributed by atoms with Crippen molar-refractivity contribution in [2.45, 2.75) is 19.8 Å². The Kier molecular flexibility index (Phi) is 4.24. The van der Waals surface area contributed by atoms with E-state index in [-0.39, 0.29) is 5.91 Å². The second kappa shape index (κ2) is 6.48. The van der Waals surface area contributed by atoms with Gasteiger partial charge in [0.25, 0.3) is 5.91 Å². The summed E-state index contributed by atoms with van der Waals surface area (Å²) in [7, 11) is 0. The number of H-pyrrole nitrogens is 1. The molecule has 1 heterocycles. The molecule has 3 heteroatoms. The summed E-state index contributed by atoms with van der Waals surface area (Å²) in [6.07, 6.45) is 2.05. The molecular weight excluding hydrogens is 272 g/mol. The van der Waals surface area contributed by atoms with Crippen LogP contribution in [0.3, 0.4) is 0 Å². The van der Waals surface area contributed by atoms with E-state index in [9.17, 15) is 4.79 Å². The Balaban J connectivity index is 1.94. The Morgan fingerprint density at radius 2 is 1.77 bits per heavy atom. The van der Waals surface area contributed by atoms with E-state index in [2.05, 4.69) is 11.9 Å². The van der Waals surface area contributed by atoms with Gasteiger partial charge in [-0.05, 0) is 30.7 Å². The van der Waals surface area contributed by atoms with Crippen molar-refractivity contribution in [2.24, 2.45) is 0 Å². The van der Waals surface area contributed by atoms with Gasteiger partial charge in [0, 0.05) is 23.1 Å². The maximum absolute atomic E-state index is 12.9. The first-order chi connectivity index (χ1) is 10.8. The lowest BCUT2D eigenvalue weighted by Gasteiger charge is -2.22. The van der Waals surface area contributed by atoms with Crippen molar-refractivity contribution in [2.75, 3.05) is 11.4 Å². The monoisotopic (exact) mass is 292 g/mol. The number of fused-ring (bicyclic) bond motifs is 1. The van der Waals surface area contributed by atoms with Crippen LogP contribution in [0.4, 0.5) is 5.69 Å². The van der Waals surface area contributed by atoms with Gasteiger partial charge in [0.2, 0.25) is 0 Å². The molecule has 0 aliphatic rings. The number of nitrogens with zero attached hydrogens (tertiary/aromatic N) is 1. The standard InChI is InChI=1S/C19H20N2O/c1-2-3-13-21(16-10-5-4-6-11-16)19(22)18-14-15-9-7-8-12-17(15)20-18/h4-12,14,20H,2-3,13H2,1H3. The second-order valence-electron chi connectivity index (χ2n) is 5.42. The van der Waals surface area contributed by atoms with Gasteiger partial charge in [0.15, 0.2) is 0 Å². The average Bonchev–Trinajstić information content (AvgIpc) is 3.00. The maximum atomic E-state index is 12.9. The quantitative estimate of drug-likeness (QED) is 0.732. The van der Waals surface area contributed by atoms with Gasteiger partial charge in [-0.1, -0.05) is 49.7 Å². The number of aromatic nitrogens is 1. The number of anilines is 1. The highest BCUT2D eigenvalue weighted by molar-refractivity contribution is 6.07. The smallest absolute Gasteiger partial charge is 0.274 e. The van der Waals surface area contributed by atoms with E-state index in [0.29, 0.717) is 5.69 Å². The summed E-state index contributed by atoms with van der Waals surface area (Å²) >= 11 is 0. The Hall–Kier alpha value is -2.55. The summed E-state index contributed by atoms with van der Waals surface area (Å²) in [6, 6.07) is 19.8. The average molecular weight is 292 g/mol. The van der Waals surface area contributed by atoms with Gasteiger partial charge >= 0.3 is 0 Å². The first-order valence-corrected chi connectivity index (χ1v) is 7.74. The van der Waals surface area contributed by atoms with Gasteiger partial charge in [0.05, 0.1) is 0 Å². The molecular formula is C19H20N2O. The third-order valence-corrected chi connectivity index (χ3v) is 3.81. The van der Waals surface area contributed by atoms with Crippen LogP contribution in [0, 0.1) is 0 Å². The fourth-order valence-corrected chi connectivity index (χ4v) is 2.61. The lowest BCUT2D eigenvalue weighted by atomic mass is 10.2. The fraction of sp³-hybridized carbons (Fsp3) is 0.211. The van der Waals surface area contributed by atoms with Crippen LogP contribution in [-0.2, 0) is 0 Å². The molecule has 1 aromatic heterocycles. The van der Waals surface area contributed by atoms with Gasteiger partial charge in [-0.25, -0.2) is 0 Å². The predicted molar refractivity (Wildman–Crippen MR) is 91.3 cm³/mol. The molecule has 3 aromatic rings. The largest absolute Gasteiger partial charge is 0.351 e. The Morgan fingerprint density at radius 1 is 1.05 bits per heavy atom. The molecule has 0 atom stereocenters. The van der Waals surface area contributed by atoms with Crippen LogP contribution >= 0.6 is 0 Å². The molecule has 1 amide bonds. The third kappa shape index (κ3) is 2.89. The molecule has 112 valence electrons. The number of rotatable bonds is 5. The molecule has 2 aromatic carbocycles. The van der Waals surface area contributed by atoms with E-state index in [1.165, 1.54) is 0 Å². The van der Waals surface area contributed by atoms with E-state index >= 15 is 0 Å². The zero-order valence-electron chi connectivity index (χ0n) is 12.8. The van der Waals surface area contributed by atoms with Crippen molar-refractivity contribution in [1.29, 1.82) is 0 Å². The Morgan fingerprint density at radius 3 is 2.50 bits per heavy atom. The number of aromatic amines is 1. The number of hydrogen-bond donors (Lipinski definition) is 1. The molecule has 0 spiro atoms. The summed E-state index contributed by atoms with van der Waals surface area (Å²) < 4.78 is 0. The number of benzene rings is 2. The summed E-state index contributed by atoms with van der Waals surface area (Å²) in [6.45, 7) is 2.87. The highest BCUT2D eigenvalue weighted by atomic mass is 16.2. The highest BCUT2D eigenvalue weighted by Gasteiger charge is 2.18. The van der Waals surface area contributed by atoms with Gasteiger partial charge < -0.3 is 9.88 Å². The van der Waals surface area contributed by atoms with Crippen LogP contribution in [0.25, 0.3) is 10.9 Å². The molecule has 22 heavy (non-hydrogen) atoms. The molecule has 0 fully saturated rings. The molecule has 0 saturated heterocycles. The minimum atomic E-state index is 0.0239. The second-order valence-corrected chi connectivity index (χ2v) is 5.42. The minimum Gasteiger partial charge on any atom is -0.351 e. The van der Waals surface area contributed by atoms with Gasteiger partial charge in [0.1, 0.15) is 5.69 Å². The minimum absolute atomic E-state index is 0.0239. The van der Waals surface area contributed by atoms with E-state index < -0.39 is 0 Å². The molecule has 0 aliphatic carbocycles. The zero-order chi connectivity index (χ0) is 15.4. The molecule has 3 rings (SSSR count). The molecule has 0 aliphatic heterocycles. The number of carbonyl (C=O) groups is 1. The molecule has 0 saturated carbocycles. The molecule has 1 N–H and O–H groups in total. The fourth-order valence-electron chi connectivity index (χ4n) is 2.61. The molecule has 3 nitrogen and oxygen atoms in total. The number of hydrogen-bond acceptors (Lipinski definition) is 1. The predicted octanol–water partition coefficient (Wildman–Crippen LogP) is 4.61. The van der Waals surface area contributed by atoms with E-state index in [0.717, 1.165) is 36.0 Å². The number of nitrogens with one attached hydrogen (secondary N) is 1. The van der Waals surface area contributed by atoms with Gasteiger partial charge in [-0.15, -0.1) is 0 Å². The number of unbranched alkanes of at least 4 members (excludes halogenated alkanes) is 1. The number of para-hydroxylation sites is 2.